The largest absolute Gasteiger partial charge is 0.335 e. The highest BCUT2D eigenvalue weighted by atomic mass is 35.5. The minimum absolute atomic E-state index is 0.168. The summed E-state index contributed by atoms with van der Waals surface area (Å²) >= 11 is 15.2. The first-order valence-corrected chi connectivity index (χ1v) is 16.2. The van der Waals surface area contributed by atoms with Gasteiger partial charge in [0.2, 0.25) is 22.1 Å². The lowest BCUT2D eigenvalue weighted by Gasteiger charge is -2.20. The Bertz CT molecular complexity index is 1600. The maximum atomic E-state index is 12.5. The van der Waals surface area contributed by atoms with E-state index in [-0.39, 0.29) is 19.5 Å². The summed E-state index contributed by atoms with van der Waals surface area (Å²) in [7, 11) is -7.86. The van der Waals surface area contributed by atoms with Crippen LogP contribution in [0, 0.1) is 0 Å². The van der Waals surface area contributed by atoms with Crippen molar-refractivity contribution in [2.45, 2.75) is 17.9 Å². The van der Waals surface area contributed by atoms with Crippen LogP contribution in [0.15, 0.2) is 46.3 Å². The summed E-state index contributed by atoms with van der Waals surface area (Å²) in [5, 5.41) is 2.37. The number of nitrogens with zero attached hydrogens (tertiary/aromatic N) is 2. The van der Waals surface area contributed by atoms with Gasteiger partial charge in [-0.2, -0.15) is 13.0 Å². The van der Waals surface area contributed by atoms with Crippen molar-refractivity contribution in [3.05, 3.63) is 56.5 Å². The third-order valence-corrected chi connectivity index (χ3v) is 9.11. The molecule has 36 heavy (non-hydrogen) atoms. The number of carbonyl (C=O) groups is 1. The third-order valence-electron chi connectivity index (χ3n) is 5.02. The number of hydrogen-bond acceptors (Lipinski definition) is 8. The highest BCUT2D eigenvalue weighted by molar-refractivity contribution is 8.04. The maximum absolute atomic E-state index is 12.5. The zero-order valence-electron chi connectivity index (χ0n) is 18.6. The van der Waals surface area contributed by atoms with E-state index in [1.807, 2.05) is 27.8 Å². The molecule has 0 bridgehead atoms. The number of anilines is 1. The van der Waals surface area contributed by atoms with Crippen molar-refractivity contribution in [2.24, 2.45) is 0 Å². The number of thioether (sulfide) groups is 1. The minimum atomic E-state index is -4.12. The van der Waals surface area contributed by atoms with Crippen LogP contribution < -0.4 is 14.2 Å². The number of sulfonamides is 1. The van der Waals surface area contributed by atoms with Gasteiger partial charge in [-0.3, -0.25) is 9.35 Å². The van der Waals surface area contributed by atoms with E-state index in [4.69, 9.17) is 27.8 Å². The van der Waals surface area contributed by atoms with E-state index in [1.54, 1.807) is 28.8 Å². The normalized spacial score (nSPS) is 15.0. The molecule has 0 spiro atoms. The Balaban J connectivity index is 1.77. The number of thiazole rings is 1. The van der Waals surface area contributed by atoms with Crippen LogP contribution in [0.3, 0.4) is 0 Å². The molecule has 1 amide bonds. The molecule has 0 fully saturated rings. The predicted molar refractivity (Wildman–Crippen MR) is 144 cm³/mol. The standard InChI is InChI=1S/C21H19Cl2N3O6S4/c1-35(28,29)24-19(27)12-26-16-10-14(23)4-6-18(16)34-21(26)11-20-25(7-2-8-36(30,31)32)15-9-13(22)3-5-17(15)33-20/h3-6,9-11H,2,7-8,12H2,1H3,(H-,24,27,30,31,32)/p+1. The zero-order chi connectivity index (χ0) is 26.3. The van der Waals surface area contributed by atoms with Crippen LogP contribution in [-0.4, -0.2) is 45.8 Å². The van der Waals surface area contributed by atoms with E-state index in [2.05, 4.69) is 0 Å². The van der Waals surface area contributed by atoms with E-state index in [9.17, 15) is 21.6 Å². The Kier molecular flexibility index (Phi) is 7.91. The Labute approximate surface area is 226 Å². The van der Waals surface area contributed by atoms with Crippen molar-refractivity contribution in [3.8, 4) is 0 Å². The summed E-state index contributed by atoms with van der Waals surface area (Å²) in [6.45, 7) is 0.0238. The molecule has 0 radical (unpaired) electrons. The van der Waals surface area contributed by atoms with Crippen LogP contribution >= 0.6 is 46.3 Å². The van der Waals surface area contributed by atoms with Gasteiger partial charge in [0.25, 0.3) is 21.0 Å². The fourth-order valence-electron chi connectivity index (χ4n) is 3.65. The van der Waals surface area contributed by atoms with Gasteiger partial charge in [0.05, 0.1) is 28.8 Å². The quantitative estimate of drug-likeness (QED) is 0.292. The number of hydrogen-bond donors (Lipinski definition) is 2. The molecule has 1 aromatic heterocycles. The third kappa shape index (κ3) is 6.71. The van der Waals surface area contributed by atoms with Gasteiger partial charge in [-0.05, 0) is 36.8 Å². The Morgan fingerprint density at radius 2 is 1.83 bits per heavy atom. The molecule has 0 saturated carbocycles. The second-order valence-corrected chi connectivity index (χ2v) is 14.2. The molecule has 3 aromatic rings. The molecule has 1 aliphatic heterocycles. The van der Waals surface area contributed by atoms with Crippen molar-refractivity contribution in [3.63, 3.8) is 0 Å². The van der Waals surface area contributed by atoms with Gasteiger partial charge in [0.15, 0.2) is 0 Å². The highest BCUT2D eigenvalue weighted by Crippen LogP contribution is 2.47. The number of halogens is 2. The molecule has 4 rings (SSSR count). The second kappa shape index (κ2) is 10.5. The smallest absolute Gasteiger partial charge is 0.299 e. The first-order valence-electron chi connectivity index (χ1n) is 10.3. The van der Waals surface area contributed by atoms with Crippen LogP contribution in [0.2, 0.25) is 10.0 Å². The number of amides is 1. The monoisotopic (exact) mass is 608 g/mol. The molecule has 2 heterocycles. The fraction of sp³-hybridized carbons (Fsp3) is 0.238. The molecule has 2 aromatic carbocycles. The number of fused-ring (bicyclic) bond motifs is 2. The summed E-state index contributed by atoms with van der Waals surface area (Å²) in [5.74, 6) is -1.11. The van der Waals surface area contributed by atoms with E-state index < -0.39 is 31.8 Å². The van der Waals surface area contributed by atoms with Crippen LogP contribution in [0.25, 0.3) is 16.3 Å². The summed E-state index contributed by atoms with van der Waals surface area (Å²) in [6.07, 6.45) is 2.92. The number of aromatic nitrogens is 1. The second-order valence-electron chi connectivity index (χ2n) is 7.92. The highest BCUT2D eigenvalue weighted by Gasteiger charge is 2.29. The Hall–Kier alpha value is -1.87. The van der Waals surface area contributed by atoms with Gasteiger partial charge in [-0.25, -0.2) is 13.1 Å². The van der Waals surface area contributed by atoms with Crippen molar-refractivity contribution >= 4 is 94.3 Å². The molecule has 192 valence electrons. The van der Waals surface area contributed by atoms with Gasteiger partial charge in [-0.15, -0.1) is 0 Å². The Morgan fingerprint density at radius 1 is 1.14 bits per heavy atom. The lowest BCUT2D eigenvalue weighted by atomic mass is 10.2. The van der Waals surface area contributed by atoms with Gasteiger partial charge in [0, 0.05) is 27.6 Å². The molecule has 0 aliphatic carbocycles. The van der Waals surface area contributed by atoms with E-state index in [1.165, 1.54) is 23.1 Å². The number of carbonyl (C=O) groups excluding carboxylic acids is 1. The lowest BCUT2D eigenvalue weighted by molar-refractivity contribution is -0.655. The summed E-state index contributed by atoms with van der Waals surface area (Å²) in [5.41, 5.74) is 1.45. The van der Waals surface area contributed by atoms with E-state index in [0.29, 0.717) is 20.6 Å². The first-order chi connectivity index (χ1) is 16.8. The summed E-state index contributed by atoms with van der Waals surface area (Å²) < 4.78 is 59.3. The molecule has 9 nitrogen and oxygen atoms in total. The topological polar surface area (TPSA) is 125 Å². The first kappa shape index (κ1) is 27.2. The number of rotatable bonds is 8. The fourth-order valence-corrected chi connectivity index (χ4v) is 7.21. The van der Waals surface area contributed by atoms with E-state index in [0.717, 1.165) is 26.6 Å². The SMILES string of the molecule is CS(=O)(=O)NC(=O)C[n+]1c(C=C2Sc3ccc(Cl)cc3N2CCCS(=O)(=O)O)sc2ccc(Cl)cc21. The van der Waals surface area contributed by atoms with Crippen molar-refractivity contribution < 1.29 is 30.7 Å². The van der Waals surface area contributed by atoms with Gasteiger partial charge >= 0.3 is 0 Å². The number of benzene rings is 2. The lowest BCUT2D eigenvalue weighted by Crippen LogP contribution is -2.45. The van der Waals surface area contributed by atoms with Gasteiger partial charge in [-0.1, -0.05) is 46.3 Å². The Morgan fingerprint density at radius 3 is 2.53 bits per heavy atom. The molecule has 2 N–H and O–H groups in total. The van der Waals surface area contributed by atoms with Crippen molar-refractivity contribution in [2.75, 3.05) is 23.5 Å². The van der Waals surface area contributed by atoms with Gasteiger partial charge in [0.1, 0.15) is 4.70 Å². The number of nitrogens with one attached hydrogen (secondary N) is 1. The molecule has 0 saturated heterocycles. The maximum Gasteiger partial charge on any atom is 0.299 e. The zero-order valence-corrected chi connectivity index (χ0v) is 23.4. The summed E-state index contributed by atoms with van der Waals surface area (Å²) in [6, 6.07) is 10.6. The molecular weight excluding hydrogens is 589 g/mol. The van der Waals surface area contributed by atoms with Crippen LogP contribution in [0.4, 0.5) is 5.69 Å². The molecule has 15 heteroatoms. The average Bonchev–Trinajstić information content (AvgIpc) is 3.24. The van der Waals surface area contributed by atoms with Gasteiger partial charge < -0.3 is 4.90 Å². The minimum Gasteiger partial charge on any atom is -0.335 e. The molecule has 0 unspecified atom stereocenters. The average molecular weight is 610 g/mol. The van der Waals surface area contributed by atoms with Crippen LogP contribution in [0.5, 0.6) is 0 Å². The molecule has 0 atom stereocenters. The predicted octanol–water partition coefficient (Wildman–Crippen LogP) is 3.76. The van der Waals surface area contributed by atoms with Crippen LogP contribution in [-0.2, 0) is 31.5 Å². The van der Waals surface area contributed by atoms with E-state index >= 15 is 0 Å². The van der Waals surface area contributed by atoms with Crippen LogP contribution in [0.1, 0.15) is 11.4 Å². The molecular formula is C21H20Cl2N3O6S4+. The van der Waals surface area contributed by atoms with Crippen molar-refractivity contribution in [1.29, 1.82) is 0 Å². The summed E-state index contributed by atoms with van der Waals surface area (Å²) in [4.78, 5) is 15.3. The van der Waals surface area contributed by atoms with Crippen molar-refractivity contribution in [1.82, 2.24) is 4.72 Å². The molecule has 1 aliphatic rings.